The molecule has 0 bridgehead atoms. The molecule has 1 amide bonds. The van der Waals surface area contributed by atoms with E-state index in [1.165, 1.54) is 32.1 Å². The molecule has 1 aromatic carbocycles. The smallest absolute Gasteiger partial charge is 0.407 e. The van der Waals surface area contributed by atoms with E-state index in [0.29, 0.717) is 43.9 Å². The number of ether oxygens (including phenoxy) is 3. The van der Waals surface area contributed by atoms with Crippen LogP contribution in [0.1, 0.15) is 70.0 Å². The molecule has 1 aliphatic carbocycles. The van der Waals surface area contributed by atoms with E-state index in [1.54, 1.807) is 7.11 Å². The lowest BCUT2D eigenvalue weighted by atomic mass is 9.84. The maximum Gasteiger partial charge on any atom is 0.407 e. The van der Waals surface area contributed by atoms with Crippen LogP contribution in [0.25, 0.3) is 0 Å². The number of piperidine rings is 1. The van der Waals surface area contributed by atoms with Crippen LogP contribution in [0, 0.1) is 11.8 Å². The molecule has 12 heteroatoms. The lowest BCUT2D eigenvalue weighted by molar-refractivity contribution is -0.0528. The van der Waals surface area contributed by atoms with Gasteiger partial charge in [0.05, 0.1) is 25.4 Å². The largest absolute Gasteiger partial charge is 0.450 e. The number of nitrogens with zero attached hydrogens (tertiary/aromatic N) is 3. The fourth-order valence-corrected chi connectivity index (χ4v) is 7.77. The maximum absolute atomic E-state index is 12.7. The number of carbonyl (C=O) groups is 1. The molecule has 252 valence electrons. The van der Waals surface area contributed by atoms with E-state index in [1.807, 2.05) is 25.1 Å². The van der Waals surface area contributed by atoms with Crippen molar-refractivity contribution in [2.24, 2.45) is 20.6 Å². The van der Waals surface area contributed by atoms with Crippen molar-refractivity contribution in [3.05, 3.63) is 35.9 Å². The summed E-state index contributed by atoms with van der Waals surface area (Å²) in [5.74, 6) is 1.98. The summed E-state index contributed by atoms with van der Waals surface area (Å²) in [4.78, 5) is 14.8. The van der Waals surface area contributed by atoms with Gasteiger partial charge in [-0.1, -0.05) is 82.1 Å². The molecule has 5 unspecified atom stereocenters. The van der Waals surface area contributed by atoms with Crippen molar-refractivity contribution >= 4 is 37.0 Å². The molecule has 45 heavy (non-hydrogen) atoms. The lowest BCUT2D eigenvalue weighted by Gasteiger charge is -2.38. The molecule has 0 aromatic heterocycles. The molecule has 10 nitrogen and oxygen atoms in total. The molecule has 2 N–H and O–H groups in total. The summed E-state index contributed by atoms with van der Waals surface area (Å²) < 4.78 is 39.1. The summed E-state index contributed by atoms with van der Waals surface area (Å²) in [5, 5.41) is 6.56. The number of carbonyl (C=O) groups excluding carboxylic acids is 1. The number of amidine groups is 2. The van der Waals surface area contributed by atoms with Crippen molar-refractivity contribution in [2.75, 3.05) is 40.0 Å². The van der Waals surface area contributed by atoms with Crippen molar-refractivity contribution in [3.8, 4) is 0 Å². The van der Waals surface area contributed by atoms with Gasteiger partial charge < -0.3 is 29.7 Å². The molecule has 1 aromatic rings. The maximum atomic E-state index is 12.7. The van der Waals surface area contributed by atoms with Crippen LogP contribution in [0.4, 0.5) is 4.79 Å². The number of methoxy groups -OCH3 is 1. The molecule has 2 aliphatic heterocycles. The molecule has 0 spiro atoms. The van der Waals surface area contributed by atoms with Crippen molar-refractivity contribution in [2.45, 2.75) is 102 Å². The highest BCUT2D eigenvalue weighted by Gasteiger charge is 2.35. The van der Waals surface area contributed by atoms with Gasteiger partial charge in [0, 0.05) is 46.8 Å². The average Bonchev–Trinajstić information content (AvgIpc) is 3.40. The number of alkyl carbamates (subject to hydrolysis) is 1. The van der Waals surface area contributed by atoms with Gasteiger partial charge in [-0.3, -0.25) is 0 Å². The topological polar surface area (TPSA) is 114 Å². The number of nitrogens with one attached hydrogen (secondary N) is 2. The molecular weight excluding hydrogens is 607 g/mol. The van der Waals surface area contributed by atoms with Gasteiger partial charge in [0.1, 0.15) is 0 Å². The van der Waals surface area contributed by atoms with E-state index >= 15 is 0 Å². The number of amides is 1. The second-order valence-corrected chi connectivity index (χ2v) is 20.5. The van der Waals surface area contributed by atoms with Crippen molar-refractivity contribution < 1.29 is 23.2 Å². The predicted molar refractivity (Wildman–Crippen MR) is 185 cm³/mol. The SMILES string of the molecule is COC(C)COC(c1ccccc1)C1CCCN(C2=NS(=O)N=C2NC(CNC(=O)OCC[Si](C)(C)C)CC2CCCCC2)C1. The highest BCUT2D eigenvalue weighted by atomic mass is 32.2. The fraction of sp³-hybridized carbons (Fsp3) is 0.727. The minimum atomic E-state index is -1.69. The first-order chi connectivity index (χ1) is 21.6. The van der Waals surface area contributed by atoms with Crippen LogP contribution in [-0.4, -0.2) is 87.1 Å². The van der Waals surface area contributed by atoms with Gasteiger partial charge in [0.25, 0.3) is 11.2 Å². The van der Waals surface area contributed by atoms with Crippen molar-refractivity contribution in [1.29, 1.82) is 0 Å². The minimum Gasteiger partial charge on any atom is -0.450 e. The van der Waals surface area contributed by atoms with Gasteiger partial charge in [-0.15, -0.1) is 8.80 Å². The Morgan fingerprint density at radius 1 is 1.09 bits per heavy atom. The third kappa shape index (κ3) is 11.8. The number of hydrogen-bond donors (Lipinski definition) is 2. The van der Waals surface area contributed by atoms with E-state index in [4.69, 9.17) is 14.2 Å². The summed E-state index contributed by atoms with van der Waals surface area (Å²) >= 11 is -1.69. The van der Waals surface area contributed by atoms with Gasteiger partial charge in [-0.2, -0.15) is 0 Å². The zero-order valence-electron chi connectivity index (χ0n) is 28.0. The Bertz CT molecular complexity index is 1160. The van der Waals surface area contributed by atoms with Crippen LogP contribution >= 0.6 is 0 Å². The monoisotopic (exact) mass is 661 g/mol. The van der Waals surface area contributed by atoms with Crippen LogP contribution in [0.15, 0.2) is 39.1 Å². The van der Waals surface area contributed by atoms with E-state index < -0.39 is 19.2 Å². The Kier molecular flexibility index (Phi) is 13.9. The molecule has 0 radical (unpaired) electrons. The van der Waals surface area contributed by atoms with Crippen molar-refractivity contribution in [1.82, 2.24) is 15.5 Å². The van der Waals surface area contributed by atoms with Gasteiger partial charge in [-0.05, 0) is 43.7 Å². The molecule has 1 saturated carbocycles. The molecular formula is C33H55N5O5SSi. The minimum absolute atomic E-state index is 0.00667. The summed E-state index contributed by atoms with van der Waals surface area (Å²) in [6.07, 6.45) is 8.54. The van der Waals surface area contributed by atoms with E-state index in [9.17, 15) is 9.00 Å². The summed E-state index contributed by atoms with van der Waals surface area (Å²) in [6.45, 7) is 11.7. The Morgan fingerprint density at radius 3 is 2.56 bits per heavy atom. The van der Waals surface area contributed by atoms with Crippen LogP contribution in [-0.2, 0) is 25.4 Å². The van der Waals surface area contributed by atoms with E-state index in [2.05, 4.69) is 56.1 Å². The number of rotatable bonds is 14. The van der Waals surface area contributed by atoms with Gasteiger partial charge in [0.2, 0.25) is 0 Å². The lowest BCUT2D eigenvalue weighted by Crippen LogP contribution is -2.52. The van der Waals surface area contributed by atoms with Gasteiger partial charge in [-0.25, -0.2) is 9.00 Å². The standard InChI is InChI=1S/C33H55N5O5SSi/c1-25(41-2)24-43-30(27-15-10-7-11-16-27)28-17-12-18-38(23-28)32-31(36-44(40)37-32)35-29(21-26-13-8-6-9-14-26)22-34-33(39)42-19-20-45(3,4)5/h7,10-11,15-16,25-26,28-30H,6,8-9,12-14,17-24H2,1-5H3,(H,34,39)(H,35,36). The Balaban J connectivity index is 1.43. The molecule has 2 heterocycles. The molecule has 5 atom stereocenters. The normalized spacial score (nSPS) is 23.1. The van der Waals surface area contributed by atoms with Crippen LogP contribution in [0.2, 0.25) is 25.7 Å². The highest BCUT2D eigenvalue weighted by Crippen LogP contribution is 2.34. The Labute approximate surface area is 273 Å². The Morgan fingerprint density at radius 2 is 1.84 bits per heavy atom. The zero-order valence-corrected chi connectivity index (χ0v) is 29.8. The molecule has 3 aliphatic rings. The molecule has 2 fully saturated rings. The third-order valence-electron chi connectivity index (χ3n) is 9.03. The average molecular weight is 662 g/mol. The van der Waals surface area contributed by atoms with Crippen molar-refractivity contribution in [3.63, 3.8) is 0 Å². The van der Waals surface area contributed by atoms with E-state index in [-0.39, 0.29) is 30.3 Å². The first-order valence-electron chi connectivity index (χ1n) is 16.8. The number of likely N-dealkylation sites (tertiary alicyclic amines) is 1. The first kappa shape index (κ1) is 35.6. The highest BCUT2D eigenvalue weighted by molar-refractivity contribution is 7.83. The first-order valence-corrected chi connectivity index (χ1v) is 21.6. The number of hydrogen-bond acceptors (Lipinski definition) is 7. The number of benzene rings is 1. The fourth-order valence-electron chi connectivity index (χ4n) is 6.38. The van der Waals surface area contributed by atoms with E-state index in [0.717, 1.165) is 37.4 Å². The van der Waals surface area contributed by atoms with Crippen LogP contribution in [0.3, 0.4) is 0 Å². The zero-order chi connectivity index (χ0) is 32.2. The second kappa shape index (κ2) is 17.6. The summed E-state index contributed by atoms with van der Waals surface area (Å²) in [5.41, 5.74) is 1.15. The summed E-state index contributed by atoms with van der Waals surface area (Å²) in [7, 11) is 0.412. The van der Waals surface area contributed by atoms with Crippen LogP contribution < -0.4 is 10.6 Å². The van der Waals surface area contributed by atoms with Gasteiger partial charge in [0.15, 0.2) is 11.7 Å². The van der Waals surface area contributed by atoms with Crippen LogP contribution in [0.5, 0.6) is 0 Å². The Hall–Kier alpha value is -2.28. The molecule has 1 saturated heterocycles. The quantitative estimate of drug-likeness (QED) is 0.240. The third-order valence-corrected chi connectivity index (χ3v) is 11.4. The second-order valence-electron chi connectivity index (χ2n) is 14.1. The molecule has 4 rings (SSSR count). The summed E-state index contributed by atoms with van der Waals surface area (Å²) in [6, 6.07) is 11.2. The predicted octanol–water partition coefficient (Wildman–Crippen LogP) is 5.87. The van der Waals surface area contributed by atoms with Gasteiger partial charge >= 0.3 is 6.09 Å².